The number of phenols is 1. The summed E-state index contributed by atoms with van der Waals surface area (Å²) in [7, 11) is 0. The van der Waals surface area contributed by atoms with Crippen molar-refractivity contribution in [3.8, 4) is 5.75 Å². The van der Waals surface area contributed by atoms with Crippen molar-refractivity contribution in [3.05, 3.63) is 120 Å². The Morgan fingerprint density at radius 3 is 1.36 bits per heavy atom. The maximum absolute atomic E-state index is 15.0. The molecule has 43 nitrogen and oxygen atoms in total. The van der Waals surface area contributed by atoms with Crippen LogP contribution >= 0.6 is 11.8 Å². The van der Waals surface area contributed by atoms with Crippen LogP contribution < -0.4 is 90.8 Å². The number of aromatic nitrogens is 3. The summed E-state index contributed by atoms with van der Waals surface area (Å²) in [4.78, 5) is 273. The number of thioether (sulfide) groups is 1. The van der Waals surface area contributed by atoms with Crippen LogP contribution in [0.5, 0.6) is 5.75 Å². The monoisotopic (exact) mass is 1930 g/mol. The molecule has 0 bridgehead atoms. The van der Waals surface area contributed by atoms with E-state index in [-0.39, 0.29) is 88.1 Å². The minimum Gasteiger partial charge on any atom is -0.508 e. The van der Waals surface area contributed by atoms with Crippen LogP contribution in [0.2, 0.25) is 0 Å². The van der Waals surface area contributed by atoms with Gasteiger partial charge in [0, 0.05) is 61.6 Å². The number of para-hydroxylation sites is 1. The van der Waals surface area contributed by atoms with E-state index in [9.17, 15) is 112 Å². The average molecular weight is 1930 g/mol. The number of benzene rings is 3. The van der Waals surface area contributed by atoms with E-state index in [4.69, 9.17) is 5.73 Å². The van der Waals surface area contributed by atoms with Crippen LogP contribution in [-0.4, -0.2) is 264 Å². The number of carbonyl (C=O) groups excluding carboxylic acids is 16. The number of aromatic amines is 2. The number of amides is 16. The van der Waals surface area contributed by atoms with E-state index >= 15 is 0 Å². The number of aliphatic carboxylic acids is 3. The minimum absolute atomic E-state index is 0.0291. The van der Waals surface area contributed by atoms with Crippen LogP contribution in [0.3, 0.4) is 0 Å². The zero-order chi connectivity index (χ0) is 102. The molecule has 0 saturated carbocycles. The lowest BCUT2D eigenvalue weighted by molar-refractivity contribution is -0.143. The van der Waals surface area contributed by atoms with Gasteiger partial charge in [0.2, 0.25) is 94.5 Å². The summed E-state index contributed by atoms with van der Waals surface area (Å²) in [5.41, 5.74) is 8.24. The largest absolute Gasteiger partial charge is 0.508 e. The van der Waals surface area contributed by atoms with Gasteiger partial charge < -0.3 is 121 Å². The first-order valence-corrected chi connectivity index (χ1v) is 47.1. The zero-order valence-electron chi connectivity index (χ0n) is 79.8. The third-order valence-corrected chi connectivity index (χ3v) is 23.3. The van der Waals surface area contributed by atoms with Crippen LogP contribution in [0, 0.1) is 29.6 Å². The summed E-state index contributed by atoms with van der Waals surface area (Å²) in [5.74, 6) is -21.6. The molecular weight excluding hydrogens is 1800 g/mol. The molecule has 0 fully saturated rings. The number of fused-ring (bicyclic) bond motifs is 1. The fourth-order valence-electron chi connectivity index (χ4n) is 14.6. The van der Waals surface area contributed by atoms with Crippen molar-refractivity contribution >= 4 is 135 Å². The highest BCUT2D eigenvalue weighted by atomic mass is 32.2. The van der Waals surface area contributed by atoms with E-state index in [2.05, 4.69) is 100 Å². The Balaban J connectivity index is 1.31. The number of carboxylic acids is 3. The molecule has 5 rings (SSSR count). The SMILES string of the molecule is CC[C@H](C)[C@H](NC(=O)[C@H](CC(=O)O)NC(=O)[C@H](CC(C)C)NC(=O)[C@H](Cc1cnc[nH]1)NC(=O)[C@H](C)NC(=O)[C@H](Cc1ccccc1)NC(=O)[C@H](Cc1ccc(O)cc1)NC(=O)[C@@H](NC(=O)[C@H](C)NC(=O)CNC(=O)[C@H](CCCCN)NC(=O)[C@H](CC(=O)O)NC(=O)[C@H](CCSC)NC(=O)[C@H](CC(C)C)NC(C)=O)C(C)C)C(=O)N[C@H](C(=O)N[C@@H](Cc1c[nH]c2ccccc12)C(=O)O)[C@@H](C)CC. The number of nitrogens with two attached hydrogens (primary N) is 1. The van der Waals surface area contributed by atoms with E-state index < -0.39 is 246 Å². The summed E-state index contributed by atoms with van der Waals surface area (Å²) in [6, 6.07) is -1.43. The molecule has 24 N–H and O–H groups in total. The Bertz CT molecular complexity index is 4920. The van der Waals surface area contributed by atoms with Gasteiger partial charge in [-0.05, 0) is 135 Å². The number of imidazole rings is 1. The predicted octanol–water partition coefficient (Wildman–Crippen LogP) is 0.0716. The fraction of sp³-hybridized carbons (Fsp3) is 0.548. The van der Waals surface area contributed by atoms with Gasteiger partial charge in [0.1, 0.15) is 96.4 Å². The number of rotatable bonds is 60. The van der Waals surface area contributed by atoms with Crippen molar-refractivity contribution < 1.29 is 112 Å². The van der Waals surface area contributed by atoms with E-state index in [1.165, 1.54) is 69.3 Å². The number of hydrogen-bond donors (Lipinski definition) is 23. The maximum Gasteiger partial charge on any atom is 0.326 e. The number of H-pyrrole nitrogens is 2. The second-order valence-electron chi connectivity index (χ2n) is 35.3. The van der Waals surface area contributed by atoms with Gasteiger partial charge in [-0.25, -0.2) is 9.78 Å². The number of aromatic hydroxyl groups is 1. The fourth-order valence-corrected chi connectivity index (χ4v) is 15.0. The molecule has 0 radical (unpaired) electrons. The lowest BCUT2D eigenvalue weighted by Gasteiger charge is -2.31. The molecule has 17 atom stereocenters. The molecule has 16 amide bonds. The molecule has 2 heterocycles. The summed E-state index contributed by atoms with van der Waals surface area (Å²) >= 11 is 1.33. The minimum atomic E-state index is -1.91. The van der Waals surface area contributed by atoms with Crippen molar-refractivity contribution in [2.24, 2.45) is 35.3 Å². The first-order valence-electron chi connectivity index (χ1n) is 45.8. The molecular formula is C93H136N20O23S. The standard InChI is InChI=1S/C93H136N20O23S/c1-15-51(9)77(91(133)110-72(93(135)136)40-58-44-96-62-27-21-20-26-61(58)62)113-92(134)78(52(10)16-2)112-89(131)71(43-75(119)120)108-85(127)66(37-49(5)6)105-87(129)69(41-59-45-95-47-98-59)104-79(121)54(12)100-83(125)67(38-56-24-18-17-19-25-56)106-86(128)68(39-57-29-31-60(115)32-30-57)109-90(132)76(50(7)8)111-80(122)53(11)99-73(116)46-97-81(123)63(28-22-23-34-94)102-88(130)70(42-74(117)118)107-82(124)64(33-35-137-14)103-84(126)65(36-48(3)4)101-55(13)114/h17-21,24-27,29-32,44-45,47-54,63-72,76-78,96,115H,15-16,22-23,28,33-43,46,94H2,1-14H3,(H,95,98)(H,97,123)(H,99,116)(H,100,125)(H,101,114)(H,102,130)(H,103,126)(H,104,121)(H,105,129)(H,106,128)(H,107,124)(H,108,127)(H,109,132)(H,110,133)(H,111,122)(H,112,131)(H,113,134)(H,117,118)(H,119,120)(H,135,136)/t51-,52-,53-,54-,63-,64-,65-,66-,67-,68-,69-,70-,71-,72-,76-,77-,78-/m0/s1. The first-order chi connectivity index (χ1) is 64.8. The van der Waals surface area contributed by atoms with Gasteiger partial charge in [-0.2, -0.15) is 11.8 Å². The lowest BCUT2D eigenvalue weighted by atomic mass is 9.94. The highest BCUT2D eigenvalue weighted by Gasteiger charge is 2.41. The summed E-state index contributed by atoms with van der Waals surface area (Å²) in [6.45, 7) is 20.0. The molecule has 5 aromatic rings. The van der Waals surface area contributed by atoms with Crippen LogP contribution in [0.25, 0.3) is 10.9 Å². The second-order valence-corrected chi connectivity index (χ2v) is 36.3. The van der Waals surface area contributed by atoms with Gasteiger partial charge in [0.25, 0.3) is 0 Å². The van der Waals surface area contributed by atoms with Gasteiger partial charge in [-0.15, -0.1) is 0 Å². The molecule has 44 heteroatoms. The summed E-state index contributed by atoms with van der Waals surface area (Å²) < 4.78 is 0. The van der Waals surface area contributed by atoms with Gasteiger partial charge >= 0.3 is 17.9 Å². The number of carbonyl (C=O) groups is 19. The molecule has 752 valence electrons. The highest BCUT2D eigenvalue weighted by molar-refractivity contribution is 7.98. The Labute approximate surface area is 799 Å². The van der Waals surface area contributed by atoms with Crippen LogP contribution in [0.15, 0.2) is 97.6 Å². The topological polar surface area (TPSA) is 668 Å². The normalized spacial score (nSPS) is 15.0. The number of nitrogens with one attached hydrogen (secondary N) is 18. The molecule has 2 aromatic heterocycles. The van der Waals surface area contributed by atoms with Crippen LogP contribution in [0.4, 0.5) is 0 Å². The summed E-state index contributed by atoms with van der Waals surface area (Å²) in [5, 5.41) is 82.1. The quantitative estimate of drug-likeness (QED) is 0.0229. The third kappa shape index (κ3) is 39.0. The average Bonchev–Trinajstić information content (AvgIpc) is 1.45. The molecule has 0 aliphatic heterocycles. The molecule has 3 aromatic carbocycles. The number of phenolic OH excluding ortho intramolecular Hbond substituents is 1. The van der Waals surface area contributed by atoms with E-state index in [0.29, 0.717) is 35.3 Å². The third-order valence-electron chi connectivity index (χ3n) is 22.6. The van der Waals surface area contributed by atoms with Crippen molar-refractivity contribution in [3.63, 3.8) is 0 Å². The van der Waals surface area contributed by atoms with E-state index in [1.807, 2.05) is 13.8 Å². The van der Waals surface area contributed by atoms with Crippen LogP contribution in [-0.2, 0) is 117 Å². The predicted molar refractivity (Wildman–Crippen MR) is 506 cm³/mol. The lowest BCUT2D eigenvalue weighted by Crippen LogP contribution is -2.62. The Morgan fingerprint density at radius 1 is 0.416 bits per heavy atom. The molecule has 0 aliphatic rings. The van der Waals surface area contributed by atoms with Crippen molar-refractivity contribution in [2.45, 2.75) is 271 Å². The van der Waals surface area contributed by atoms with Gasteiger partial charge in [0.05, 0.1) is 25.7 Å². The van der Waals surface area contributed by atoms with E-state index in [1.54, 1.807) is 122 Å². The Kier molecular flexibility index (Phi) is 47.7. The number of nitrogens with zero attached hydrogens (tertiary/aromatic N) is 1. The first kappa shape index (κ1) is 114. The molecule has 0 saturated heterocycles. The van der Waals surface area contributed by atoms with Crippen molar-refractivity contribution in [1.82, 2.24) is 100 Å². The van der Waals surface area contributed by atoms with Gasteiger partial charge in [0.15, 0.2) is 0 Å². The van der Waals surface area contributed by atoms with Crippen molar-refractivity contribution in [1.29, 1.82) is 0 Å². The maximum atomic E-state index is 15.0. The van der Waals surface area contributed by atoms with E-state index in [0.717, 1.165) is 10.9 Å². The van der Waals surface area contributed by atoms with Gasteiger partial charge in [-0.1, -0.05) is 143 Å². The number of unbranched alkanes of at least 4 members (excludes halogenated alkanes) is 1. The van der Waals surface area contributed by atoms with Crippen molar-refractivity contribution in [2.75, 3.05) is 25.1 Å². The summed E-state index contributed by atoms with van der Waals surface area (Å²) in [6.07, 6.45) is 4.17. The second kappa shape index (κ2) is 57.4. The van der Waals surface area contributed by atoms with Gasteiger partial charge in [-0.3, -0.25) is 86.3 Å². The molecule has 137 heavy (non-hydrogen) atoms. The number of hydrogen-bond acceptors (Lipinski definition) is 23. The Morgan fingerprint density at radius 2 is 0.839 bits per heavy atom. The Hall–Kier alpha value is -13.6. The smallest absolute Gasteiger partial charge is 0.326 e. The molecule has 0 spiro atoms. The zero-order valence-corrected chi connectivity index (χ0v) is 80.6. The van der Waals surface area contributed by atoms with Crippen LogP contribution in [0.1, 0.15) is 177 Å². The number of carboxylic acid groups (broad SMARTS) is 3. The molecule has 0 unspecified atom stereocenters. The highest BCUT2D eigenvalue weighted by Crippen LogP contribution is 2.22. The molecule has 0 aliphatic carbocycles.